The third-order valence-electron chi connectivity index (χ3n) is 4.12. The van der Waals surface area contributed by atoms with Crippen LogP contribution in [0.2, 0.25) is 0 Å². The Hall–Kier alpha value is -2.63. The molecule has 0 spiro atoms. The van der Waals surface area contributed by atoms with Gasteiger partial charge in [-0.05, 0) is 32.4 Å². The number of nitrogens with zero attached hydrogens (tertiary/aromatic N) is 3. The summed E-state index contributed by atoms with van der Waals surface area (Å²) in [6, 6.07) is 7.89. The van der Waals surface area contributed by atoms with E-state index in [0.29, 0.717) is 25.3 Å². The first-order valence-corrected chi connectivity index (χ1v) is 8.21. The molecule has 0 saturated heterocycles. The van der Waals surface area contributed by atoms with Gasteiger partial charge < -0.3 is 14.4 Å². The monoisotopic (exact) mass is 326 g/mol. The molecule has 126 valence electrons. The van der Waals surface area contributed by atoms with Gasteiger partial charge in [-0.3, -0.25) is 4.79 Å². The summed E-state index contributed by atoms with van der Waals surface area (Å²) in [6.45, 7) is 7.16. The molecule has 1 N–H and O–H groups in total. The van der Waals surface area contributed by atoms with Crippen molar-refractivity contribution in [2.24, 2.45) is 0 Å². The zero-order chi connectivity index (χ0) is 17.1. The summed E-state index contributed by atoms with van der Waals surface area (Å²) in [7, 11) is 0. The van der Waals surface area contributed by atoms with Gasteiger partial charge in [-0.15, -0.1) is 0 Å². The number of hydrogen-bond acceptors (Lipinski definition) is 4. The van der Waals surface area contributed by atoms with E-state index in [2.05, 4.69) is 15.1 Å². The van der Waals surface area contributed by atoms with E-state index in [1.165, 1.54) is 0 Å². The normalized spacial score (nSPS) is 11.1. The average Bonchev–Trinajstić information content (AvgIpc) is 3.15. The second-order valence-electron chi connectivity index (χ2n) is 5.99. The molecule has 0 aliphatic rings. The second-order valence-corrected chi connectivity index (χ2v) is 5.99. The highest BCUT2D eigenvalue weighted by Gasteiger charge is 2.16. The highest BCUT2D eigenvalue weighted by atomic mass is 16.5. The van der Waals surface area contributed by atoms with Gasteiger partial charge in [-0.1, -0.05) is 17.3 Å². The molecule has 0 saturated carbocycles. The van der Waals surface area contributed by atoms with Crippen LogP contribution in [-0.2, 0) is 17.6 Å². The van der Waals surface area contributed by atoms with Crippen LogP contribution >= 0.6 is 0 Å². The van der Waals surface area contributed by atoms with Crippen LogP contribution in [-0.4, -0.2) is 39.0 Å². The fourth-order valence-corrected chi connectivity index (χ4v) is 2.81. The van der Waals surface area contributed by atoms with Gasteiger partial charge in [0, 0.05) is 25.6 Å². The number of hydrogen-bond donors (Lipinski definition) is 1. The van der Waals surface area contributed by atoms with Crippen LogP contribution in [0, 0.1) is 13.8 Å². The Balaban J connectivity index is 1.64. The van der Waals surface area contributed by atoms with Crippen LogP contribution in [0.15, 0.2) is 28.8 Å². The Morgan fingerprint density at radius 3 is 2.83 bits per heavy atom. The number of carbonyl (C=O) groups excluding carboxylic acids is 1. The predicted octanol–water partition coefficient (Wildman–Crippen LogP) is 2.80. The van der Waals surface area contributed by atoms with Crippen molar-refractivity contribution in [3.8, 4) is 0 Å². The SMILES string of the molecule is CCN(CCc1nc2c(C)cccc2[nH]1)C(=O)Cc1cc(C)no1. The molecule has 0 bridgehead atoms. The van der Waals surface area contributed by atoms with Gasteiger partial charge in [0.1, 0.15) is 11.6 Å². The topological polar surface area (TPSA) is 75.0 Å². The third-order valence-corrected chi connectivity index (χ3v) is 4.12. The van der Waals surface area contributed by atoms with E-state index in [4.69, 9.17) is 4.52 Å². The smallest absolute Gasteiger partial charge is 0.230 e. The van der Waals surface area contributed by atoms with E-state index >= 15 is 0 Å². The molecular weight excluding hydrogens is 304 g/mol. The Labute approximate surface area is 140 Å². The van der Waals surface area contributed by atoms with Crippen molar-refractivity contribution in [2.45, 2.75) is 33.6 Å². The molecule has 6 heteroatoms. The molecule has 1 amide bonds. The van der Waals surface area contributed by atoms with Crippen molar-refractivity contribution in [1.29, 1.82) is 0 Å². The Kier molecular flexibility index (Phi) is 4.64. The number of aryl methyl sites for hydroxylation is 2. The molecule has 24 heavy (non-hydrogen) atoms. The average molecular weight is 326 g/mol. The fourth-order valence-electron chi connectivity index (χ4n) is 2.81. The molecular formula is C18H22N4O2. The molecule has 1 aromatic carbocycles. The Morgan fingerprint density at radius 1 is 1.33 bits per heavy atom. The van der Waals surface area contributed by atoms with Crippen molar-refractivity contribution >= 4 is 16.9 Å². The lowest BCUT2D eigenvalue weighted by molar-refractivity contribution is -0.130. The van der Waals surface area contributed by atoms with Crippen LogP contribution < -0.4 is 0 Å². The molecule has 3 aromatic rings. The molecule has 0 aliphatic heterocycles. The summed E-state index contributed by atoms with van der Waals surface area (Å²) < 4.78 is 5.13. The zero-order valence-corrected chi connectivity index (χ0v) is 14.3. The Morgan fingerprint density at radius 2 is 2.17 bits per heavy atom. The largest absolute Gasteiger partial charge is 0.361 e. The molecule has 3 rings (SSSR count). The minimum atomic E-state index is 0.0425. The number of imidazole rings is 1. The van der Waals surface area contributed by atoms with Crippen molar-refractivity contribution < 1.29 is 9.32 Å². The number of aromatic nitrogens is 3. The maximum absolute atomic E-state index is 12.4. The van der Waals surface area contributed by atoms with Gasteiger partial charge in [0.2, 0.25) is 5.91 Å². The summed E-state index contributed by atoms with van der Waals surface area (Å²) in [5, 5.41) is 3.82. The van der Waals surface area contributed by atoms with Gasteiger partial charge in [0.05, 0.1) is 23.1 Å². The van der Waals surface area contributed by atoms with Crippen LogP contribution in [0.5, 0.6) is 0 Å². The van der Waals surface area contributed by atoms with E-state index < -0.39 is 0 Å². The molecule has 0 atom stereocenters. The first kappa shape index (κ1) is 16.2. The number of benzene rings is 1. The number of H-pyrrole nitrogens is 1. The molecule has 6 nitrogen and oxygen atoms in total. The minimum Gasteiger partial charge on any atom is -0.361 e. The number of nitrogens with one attached hydrogen (secondary N) is 1. The van der Waals surface area contributed by atoms with Gasteiger partial charge in [0.25, 0.3) is 0 Å². The number of rotatable bonds is 6. The summed E-state index contributed by atoms with van der Waals surface area (Å²) in [4.78, 5) is 22.2. The third kappa shape index (κ3) is 3.48. The lowest BCUT2D eigenvalue weighted by Gasteiger charge is -2.19. The maximum atomic E-state index is 12.4. The molecule has 0 aliphatic carbocycles. The number of para-hydroxylation sites is 1. The highest BCUT2D eigenvalue weighted by molar-refractivity contribution is 5.79. The fraction of sp³-hybridized carbons (Fsp3) is 0.389. The first-order chi connectivity index (χ1) is 11.6. The summed E-state index contributed by atoms with van der Waals surface area (Å²) in [5.41, 5.74) is 3.98. The second kappa shape index (κ2) is 6.86. The number of aromatic amines is 1. The molecule has 0 radical (unpaired) electrons. The lowest BCUT2D eigenvalue weighted by Crippen LogP contribution is -2.34. The number of carbonyl (C=O) groups is 1. The van der Waals surface area contributed by atoms with Gasteiger partial charge >= 0.3 is 0 Å². The quantitative estimate of drug-likeness (QED) is 0.756. The number of likely N-dealkylation sites (N-methyl/N-ethyl adjacent to an activating group) is 1. The van der Waals surface area contributed by atoms with Crippen molar-refractivity contribution in [3.63, 3.8) is 0 Å². The van der Waals surface area contributed by atoms with E-state index in [1.807, 2.05) is 43.9 Å². The van der Waals surface area contributed by atoms with Crippen LogP contribution in [0.1, 0.15) is 29.8 Å². The van der Waals surface area contributed by atoms with Gasteiger partial charge in [-0.2, -0.15) is 0 Å². The maximum Gasteiger partial charge on any atom is 0.230 e. The predicted molar refractivity (Wildman–Crippen MR) is 91.7 cm³/mol. The Bertz CT molecular complexity index is 850. The minimum absolute atomic E-state index is 0.0425. The number of fused-ring (bicyclic) bond motifs is 1. The van der Waals surface area contributed by atoms with Crippen LogP contribution in [0.4, 0.5) is 0 Å². The van der Waals surface area contributed by atoms with E-state index in [9.17, 15) is 4.79 Å². The van der Waals surface area contributed by atoms with Gasteiger partial charge in [0.15, 0.2) is 0 Å². The standard InChI is InChI=1S/C18H22N4O2/c1-4-22(17(23)11-14-10-13(3)21-24-14)9-8-16-19-15-7-5-6-12(2)18(15)20-16/h5-7,10H,4,8-9,11H2,1-3H3,(H,19,20). The van der Waals surface area contributed by atoms with Gasteiger partial charge in [-0.25, -0.2) is 4.98 Å². The number of amides is 1. The zero-order valence-electron chi connectivity index (χ0n) is 14.3. The lowest BCUT2D eigenvalue weighted by atomic mass is 10.2. The summed E-state index contributed by atoms with van der Waals surface area (Å²) in [6.07, 6.45) is 0.942. The van der Waals surface area contributed by atoms with Crippen LogP contribution in [0.25, 0.3) is 11.0 Å². The summed E-state index contributed by atoms with van der Waals surface area (Å²) >= 11 is 0. The first-order valence-electron chi connectivity index (χ1n) is 8.21. The van der Waals surface area contributed by atoms with E-state index in [1.54, 1.807) is 6.07 Å². The van der Waals surface area contributed by atoms with Crippen molar-refractivity contribution in [2.75, 3.05) is 13.1 Å². The van der Waals surface area contributed by atoms with Crippen molar-refractivity contribution in [3.05, 3.63) is 47.1 Å². The molecule has 2 aromatic heterocycles. The molecule has 2 heterocycles. The highest BCUT2D eigenvalue weighted by Crippen LogP contribution is 2.16. The van der Waals surface area contributed by atoms with Crippen molar-refractivity contribution in [1.82, 2.24) is 20.0 Å². The summed E-state index contributed by atoms with van der Waals surface area (Å²) in [5.74, 6) is 1.55. The molecule has 0 unspecified atom stereocenters. The van der Waals surface area contributed by atoms with E-state index in [0.717, 1.165) is 28.1 Å². The molecule has 0 fully saturated rings. The van der Waals surface area contributed by atoms with Crippen LogP contribution in [0.3, 0.4) is 0 Å². The van der Waals surface area contributed by atoms with E-state index in [-0.39, 0.29) is 12.3 Å².